The lowest BCUT2D eigenvalue weighted by molar-refractivity contribution is 0.227. The Morgan fingerprint density at radius 2 is 1.91 bits per heavy atom. The Morgan fingerprint density at radius 3 is 2.27 bits per heavy atom. The van der Waals surface area contributed by atoms with E-state index in [9.17, 15) is 0 Å². The Labute approximate surface area is 80.5 Å². The van der Waals surface area contributed by atoms with Gasteiger partial charge in [-0.2, -0.15) is 0 Å². The highest BCUT2D eigenvalue weighted by Gasteiger charge is 2.44. The molecule has 1 aliphatic heterocycles. The van der Waals surface area contributed by atoms with E-state index in [1.807, 2.05) is 0 Å². The van der Waals surface area contributed by atoms with Crippen LogP contribution in [0.3, 0.4) is 0 Å². The van der Waals surface area contributed by atoms with Crippen LogP contribution in [0.2, 0.25) is 0 Å². The monoisotopic (exact) mass is 198 g/mol. The topological polar surface area (TPSA) is 15.3 Å². The molecule has 0 atom stereocenters. The van der Waals surface area contributed by atoms with Gasteiger partial charge in [0.15, 0.2) is 0 Å². The second-order valence-corrected chi connectivity index (χ2v) is 3.44. The Kier molecular flexibility index (Phi) is 4.12. The Hall–Kier alpha value is 0.500. The highest BCUT2D eigenvalue weighted by atomic mass is 35.5. The molecule has 1 spiro atoms. The highest BCUT2D eigenvalue weighted by Crippen LogP contribution is 2.36. The summed E-state index contributed by atoms with van der Waals surface area (Å²) < 4.78 is 0. The van der Waals surface area contributed by atoms with Crippen LogP contribution in [0, 0.1) is 0 Å². The van der Waals surface area contributed by atoms with Crippen LogP contribution in [0.5, 0.6) is 0 Å². The lowest BCUT2D eigenvalue weighted by Crippen LogP contribution is -2.50. The molecule has 0 unspecified atom stereocenters. The molecule has 2 fully saturated rings. The maximum Gasteiger partial charge on any atom is 0.0310 e. The Morgan fingerprint density at radius 1 is 1.27 bits per heavy atom. The quantitative estimate of drug-likeness (QED) is 0.623. The van der Waals surface area contributed by atoms with Crippen molar-refractivity contribution in [3.63, 3.8) is 0 Å². The molecule has 68 valence electrons. The number of rotatable bonds is 0. The minimum Gasteiger partial charge on any atom is -0.309 e. The van der Waals surface area contributed by atoms with Crippen LogP contribution < -0.4 is 5.32 Å². The molecule has 0 aromatic rings. The molecular weight excluding hydrogens is 183 g/mol. The first-order chi connectivity index (χ1) is 4.31. The van der Waals surface area contributed by atoms with Crippen molar-refractivity contribution in [1.82, 2.24) is 10.2 Å². The first-order valence-corrected chi connectivity index (χ1v) is 3.74. The van der Waals surface area contributed by atoms with Crippen LogP contribution in [0.1, 0.15) is 12.8 Å². The van der Waals surface area contributed by atoms with Gasteiger partial charge in [-0.25, -0.2) is 0 Å². The molecule has 1 saturated carbocycles. The number of halogens is 2. The Bertz CT molecular complexity index is 126. The van der Waals surface area contributed by atoms with E-state index >= 15 is 0 Å². The van der Waals surface area contributed by atoms with E-state index in [0.717, 1.165) is 0 Å². The number of piperazine rings is 1. The minimum atomic E-state index is 0. The summed E-state index contributed by atoms with van der Waals surface area (Å²) in [4.78, 5) is 2.42. The van der Waals surface area contributed by atoms with Gasteiger partial charge in [-0.15, -0.1) is 24.8 Å². The average Bonchev–Trinajstić information content (AvgIpc) is 2.49. The van der Waals surface area contributed by atoms with Gasteiger partial charge in [-0.1, -0.05) is 0 Å². The van der Waals surface area contributed by atoms with Crippen molar-refractivity contribution >= 4 is 24.8 Å². The van der Waals surface area contributed by atoms with Crippen LogP contribution in [0.25, 0.3) is 0 Å². The third-order valence-corrected chi connectivity index (χ3v) is 2.42. The fourth-order valence-electron chi connectivity index (χ4n) is 1.65. The third kappa shape index (κ3) is 2.48. The van der Waals surface area contributed by atoms with Gasteiger partial charge in [0, 0.05) is 25.2 Å². The molecule has 0 aromatic carbocycles. The fraction of sp³-hybridized carbons (Fsp3) is 1.00. The summed E-state index contributed by atoms with van der Waals surface area (Å²) in [5.41, 5.74) is 0.576. The zero-order valence-corrected chi connectivity index (χ0v) is 8.43. The third-order valence-electron chi connectivity index (χ3n) is 2.42. The SMILES string of the molecule is CN1CCNC2(CC2)C1.Cl.Cl. The minimum absolute atomic E-state index is 0. The van der Waals surface area contributed by atoms with Crippen LogP contribution in [0.4, 0.5) is 0 Å². The molecule has 0 radical (unpaired) electrons. The second-order valence-electron chi connectivity index (χ2n) is 3.44. The average molecular weight is 199 g/mol. The summed E-state index contributed by atoms with van der Waals surface area (Å²) in [6.45, 7) is 3.69. The van der Waals surface area contributed by atoms with Crippen molar-refractivity contribution in [2.24, 2.45) is 0 Å². The van der Waals surface area contributed by atoms with Crippen molar-refractivity contribution in [3.05, 3.63) is 0 Å². The summed E-state index contributed by atoms with van der Waals surface area (Å²) in [6.07, 6.45) is 2.80. The van der Waals surface area contributed by atoms with Gasteiger partial charge in [0.1, 0.15) is 0 Å². The summed E-state index contributed by atoms with van der Waals surface area (Å²) in [5.74, 6) is 0. The van der Waals surface area contributed by atoms with Crippen molar-refractivity contribution in [3.8, 4) is 0 Å². The standard InChI is InChI=1S/C7H14N2.2ClH/c1-9-5-4-8-7(6-9)2-3-7;;/h8H,2-6H2,1H3;2*1H. The van der Waals surface area contributed by atoms with Crippen LogP contribution >= 0.6 is 24.8 Å². The molecule has 0 aromatic heterocycles. The Balaban J connectivity index is 0.000000500. The number of likely N-dealkylation sites (N-methyl/N-ethyl adjacent to an activating group) is 1. The van der Waals surface area contributed by atoms with Gasteiger partial charge in [0.05, 0.1) is 0 Å². The normalized spacial score (nSPS) is 27.0. The molecular formula is C7H16Cl2N2. The fourth-order valence-corrected chi connectivity index (χ4v) is 1.65. The maximum atomic E-state index is 3.56. The zero-order valence-electron chi connectivity index (χ0n) is 6.80. The molecule has 2 rings (SSSR count). The van der Waals surface area contributed by atoms with Crippen LogP contribution in [-0.4, -0.2) is 37.1 Å². The van der Waals surface area contributed by atoms with Crippen LogP contribution in [0.15, 0.2) is 0 Å². The molecule has 0 amide bonds. The van der Waals surface area contributed by atoms with Crippen molar-refractivity contribution in [1.29, 1.82) is 0 Å². The van der Waals surface area contributed by atoms with Gasteiger partial charge < -0.3 is 10.2 Å². The molecule has 1 heterocycles. The molecule has 11 heavy (non-hydrogen) atoms. The number of hydrogen-bond acceptors (Lipinski definition) is 2. The maximum absolute atomic E-state index is 3.56. The lowest BCUT2D eigenvalue weighted by atomic mass is 10.2. The van der Waals surface area contributed by atoms with E-state index in [1.165, 1.54) is 32.5 Å². The molecule has 4 heteroatoms. The number of nitrogens with one attached hydrogen (secondary N) is 1. The van der Waals surface area contributed by atoms with Crippen molar-refractivity contribution < 1.29 is 0 Å². The molecule has 1 saturated heterocycles. The summed E-state index contributed by atoms with van der Waals surface area (Å²) in [6, 6.07) is 0. The first kappa shape index (κ1) is 11.5. The van der Waals surface area contributed by atoms with E-state index in [4.69, 9.17) is 0 Å². The van der Waals surface area contributed by atoms with Crippen LogP contribution in [-0.2, 0) is 0 Å². The second kappa shape index (κ2) is 3.94. The highest BCUT2D eigenvalue weighted by molar-refractivity contribution is 5.85. The van der Waals surface area contributed by atoms with Gasteiger partial charge >= 0.3 is 0 Å². The van der Waals surface area contributed by atoms with E-state index in [-0.39, 0.29) is 24.8 Å². The summed E-state index contributed by atoms with van der Waals surface area (Å²) in [7, 11) is 2.21. The molecule has 0 bridgehead atoms. The van der Waals surface area contributed by atoms with Gasteiger partial charge in [0.25, 0.3) is 0 Å². The lowest BCUT2D eigenvalue weighted by Gasteiger charge is -2.30. The zero-order chi connectivity index (χ0) is 6.32. The number of hydrogen-bond donors (Lipinski definition) is 1. The molecule has 2 aliphatic rings. The number of nitrogens with zero attached hydrogens (tertiary/aromatic N) is 1. The van der Waals surface area contributed by atoms with E-state index < -0.39 is 0 Å². The van der Waals surface area contributed by atoms with Crippen molar-refractivity contribution in [2.75, 3.05) is 26.7 Å². The summed E-state index contributed by atoms with van der Waals surface area (Å²) >= 11 is 0. The van der Waals surface area contributed by atoms with E-state index in [2.05, 4.69) is 17.3 Å². The molecule has 2 nitrogen and oxygen atoms in total. The van der Waals surface area contributed by atoms with E-state index in [0.29, 0.717) is 5.54 Å². The molecule has 1 N–H and O–H groups in total. The largest absolute Gasteiger partial charge is 0.309 e. The smallest absolute Gasteiger partial charge is 0.0310 e. The van der Waals surface area contributed by atoms with Crippen molar-refractivity contribution in [2.45, 2.75) is 18.4 Å². The summed E-state index contributed by atoms with van der Waals surface area (Å²) in [5, 5.41) is 3.56. The molecule has 1 aliphatic carbocycles. The predicted octanol–water partition coefficient (Wildman–Crippen LogP) is 0.898. The predicted molar refractivity (Wildman–Crippen MR) is 52.0 cm³/mol. The first-order valence-electron chi connectivity index (χ1n) is 3.74. The van der Waals surface area contributed by atoms with Gasteiger partial charge in [-0.05, 0) is 19.9 Å². The van der Waals surface area contributed by atoms with Gasteiger partial charge in [-0.3, -0.25) is 0 Å². The van der Waals surface area contributed by atoms with E-state index in [1.54, 1.807) is 0 Å². The van der Waals surface area contributed by atoms with Gasteiger partial charge in [0.2, 0.25) is 0 Å².